The second-order valence-electron chi connectivity index (χ2n) is 4.73. The van der Waals surface area contributed by atoms with Gasteiger partial charge in [0.2, 0.25) is 4.96 Å². The largest absolute Gasteiger partial charge is 0.264 e. The van der Waals surface area contributed by atoms with Crippen LogP contribution in [0.3, 0.4) is 0 Å². The molecular formula is C15H10ClN5S. The van der Waals surface area contributed by atoms with Gasteiger partial charge < -0.3 is 0 Å². The number of aromatic nitrogens is 5. The lowest BCUT2D eigenvalue weighted by molar-refractivity contribution is 0.854. The van der Waals surface area contributed by atoms with Gasteiger partial charge in [-0.1, -0.05) is 41.1 Å². The zero-order valence-corrected chi connectivity index (χ0v) is 12.9. The Morgan fingerprint density at radius 1 is 1.09 bits per heavy atom. The molecule has 3 heterocycles. The fourth-order valence-corrected chi connectivity index (χ4v) is 3.24. The van der Waals surface area contributed by atoms with Crippen LogP contribution in [0.4, 0.5) is 0 Å². The molecule has 0 atom stereocenters. The van der Waals surface area contributed by atoms with Crippen LogP contribution in [-0.4, -0.2) is 24.8 Å². The predicted molar refractivity (Wildman–Crippen MR) is 86.1 cm³/mol. The molecule has 0 amide bonds. The lowest BCUT2D eigenvalue weighted by Gasteiger charge is -2.01. The summed E-state index contributed by atoms with van der Waals surface area (Å²) in [7, 11) is 0. The molecule has 0 fully saturated rings. The van der Waals surface area contributed by atoms with Crippen molar-refractivity contribution in [1.82, 2.24) is 24.8 Å². The summed E-state index contributed by atoms with van der Waals surface area (Å²) < 4.78 is 1.77. The van der Waals surface area contributed by atoms with Crippen molar-refractivity contribution < 1.29 is 0 Å². The lowest BCUT2D eigenvalue weighted by Crippen LogP contribution is -1.98. The van der Waals surface area contributed by atoms with Gasteiger partial charge in [0.15, 0.2) is 5.82 Å². The smallest absolute Gasteiger partial charge is 0.234 e. The molecule has 0 aliphatic carbocycles. The van der Waals surface area contributed by atoms with Crippen LogP contribution in [0.5, 0.6) is 0 Å². The topological polar surface area (TPSA) is 56.0 Å². The van der Waals surface area contributed by atoms with Crippen LogP contribution in [-0.2, 0) is 6.42 Å². The van der Waals surface area contributed by atoms with Crippen LogP contribution in [0.2, 0.25) is 5.02 Å². The van der Waals surface area contributed by atoms with Gasteiger partial charge in [-0.05, 0) is 23.8 Å². The third kappa shape index (κ3) is 2.36. The zero-order valence-electron chi connectivity index (χ0n) is 11.3. The zero-order chi connectivity index (χ0) is 14.9. The molecule has 108 valence electrons. The molecule has 0 bridgehead atoms. The molecule has 5 nitrogen and oxygen atoms in total. The summed E-state index contributed by atoms with van der Waals surface area (Å²) in [6.07, 6.45) is 4.13. The van der Waals surface area contributed by atoms with Crippen molar-refractivity contribution >= 4 is 27.9 Å². The van der Waals surface area contributed by atoms with Crippen LogP contribution in [0.1, 0.15) is 11.4 Å². The first-order valence-electron chi connectivity index (χ1n) is 6.66. The SMILES string of the molecule is Clc1ccccc1Cc1nnc2sc(-c3cccnc3)nn12. The summed E-state index contributed by atoms with van der Waals surface area (Å²) >= 11 is 7.70. The van der Waals surface area contributed by atoms with E-state index in [1.807, 2.05) is 36.4 Å². The molecule has 1 aromatic carbocycles. The third-order valence-corrected chi connectivity index (χ3v) is 4.59. The van der Waals surface area contributed by atoms with Crippen molar-refractivity contribution in [1.29, 1.82) is 0 Å². The first-order chi connectivity index (χ1) is 10.8. The summed E-state index contributed by atoms with van der Waals surface area (Å²) in [6.45, 7) is 0. The molecule has 22 heavy (non-hydrogen) atoms. The van der Waals surface area contributed by atoms with Gasteiger partial charge in [0.1, 0.15) is 5.01 Å². The van der Waals surface area contributed by atoms with Gasteiger partial charge in [0.05, 0.1) is 0 Å². The monoisotopic (exact) mass is 327 g/mol. The molecule has 0 saturated heterocycles. The number of halogens is 1. The summed E-state index contributed by atoms with van der Waals surface area (Å²) in [5, 5.41) is 14.6. The number of hydrogen-bond donors (Lipinski definition) is 0. The van der Waals surface area contributed by atoms with Crippen LogP contribution in [0, 0.1) is 0 Å². The van der Waals surface area contributed by atoms with E-state index in [2.05, 4.69) is 20.3 Å². The minimum Gasteiger partial charge on any atom is -0.264 e. The van der Waals surface area contributed by atoms with Crippen LogP contribution in [0.15, 0.2) is 48.8 Å². The maximum Gasteiger partial charge on any atom is 0.234 e. The van der Waals surface area contributed by atoms with Crippen molar-refractivity contribution in [2.45, 2.75) is 6.42 Å². The van der Waals surface area contributed by atoms with Gasteiger partial charge in [-0.3, -0.25) is 4.98 Å². The van der Waals surface area contributed by atoms with Gasteiger partial charge in [-0.15, -0.1) is 10.2 Å². The fourth-order valence-electron chi connectivity index (χ4n) is 2.19. The van der Waals surface area contributed by atoms with E-state index in [4.69, 9.17) is 11.6 Å². The van der Waals surface area contributed by atoms with Gasteiger partial charge in [-0.2, -0.15) is 9.61 Å². The quantitative estimate of drug-likeness (QED) is 0.578. The van der Waals surface area contributed by atoms with E-state index in [9.17, 15) is 0 Å². The minimum absolute atomic E-state index is 0.594. The Balaban J connectivity index is 1.74. The summed E-state index contributed by atoms with van der Waals surface area (Å²) in [5.74, 6) is 0.773. The highest BCUT2D eigenvalue weighted by Crippen LogP contribution is 2.25. The Kier molecular flexibility index (Phi) is 3.32. The van der Waals surface area contributed by atoms with Gasteiger partial charge in [-0.25, -0.2) is 0 Å². The van der Waals surface area contributed by atoms with Crippen LogP contribution in [0.25, 0.3) is 15.5 Å². The molecule has 0 spiro atoms. The average molecular weight is 328 g/mol. The van der Waals surface area contributed by atoms with E-state index in [0.29, 0.717) is 6.42 Å². The summed E-state index contributed by atoms with van der Waals surface area (Å²) in [5.41, 5.74) is 1.98. The van der Waals surface area contributed by atoms with Gasteiger partial charge >= 0.3 is 0 Å². The third-order valence-electron chi connectivity index (χ3n) is 3.27. The Morgan fingerprint density at radius 3 is 2.82 bits per heavy atom. The highest BCUT2D eigenvalue weighted by Gasteiger charge is 2.14. The Morgan fingerprint density at radius 2 is 2.00 bits per heavy atom. The van der Waals surface area contributed by atoms with Gasteiger partial charge in [0.25, 0.3) is 0 Å². The number of hydrogen-bond acceptors (Lipinski definition) is 5. The van der Waals surface area contributed by atoms with E-state index in [1.165, 1.54) is 11.3 Å². The molecule has 0 radical (unpaired) electrons. The maximum atomic E-state index is 6.21. The second kappa shape index (κ2) is 5.47. The van der Waals surface area contributed by atoms with E-state index < -0.39 is 0 Å². The van der Waals surface area contributed by atoms with E-state index in [-0.39, 0.29) is 0 Å². The molecule has 0 aliphatic heterocycles. The average Bonchev–Trinajstić information content (AvgIpc) is 3.12. The summed E-state index contributed by atoms with van der Waals surface area (Å²) in [4.78, 5) is 4.89. The predicted octanol–water partition coefficient (Wildman–Crippen LogP) is 3.49. The Bertz CT molecular complexity index is 931. The highest BCUT2D eigenvalue weighted by atomic mass is 35.5. The molecule has 0 aliphatic rings. The first-order valence-corrected chi connectivity index (χ1v) is 7.85. The number of nitrogens with zero attached hydrogens (tertiary/aromatic N) is 5. The van der Waals surface area contributed by atoms with Crippen molar-refractivity contribution in [3.05, 3.63) is 65.2 Å². The van der Waals surface area contributed by atoms with Crippen molar-refractivity contribution in [3.8, 4) is 10.6 Å². The van der Waals surface area contributed by atoms with Crippen molar-refractivity contribution in [2.75, 3.05) is 0 Å². The minimum atomic E-state index is 0.594. The molecular weight excluding hydrogens is 318 g/mol. The number of pyridine rings is 1. The van der Waals surface area contributed by atoms with Crippen molar-refractivity contribution in [3.63, 3.8) is 0 Å². The molecule has 4 aromatic rings. The Hall–Kier alpha value is -2.31. The van der Waals surface area contributed by atoms with Crippen molar-refractivity contribution in [2.24, 2.45) is 0 Å². The second-order valence-corrected chi connectivity index (χ2v) is 6.09. The molecule has 0 N–H and O–H groups in total. The van der Waals surface area contributed by atoms with E-state index in [1.54, 1.807) is 16.9 Å². The first kappa shape index (κ1) is 13.4. The molecule has 0 saturated carbocycles. The number of rotatable bonds is 3. The van der Waals surface area contributed by atoms with Crippen LogP contribution >= 0.6 is 22.9 Å². The van der Waals surface area contributed by atoms with Gasteiger partial charge in [0, 0.05) is 29.4 Å². The molecule has 0 unspecified atom stereocenters. The lowest BCUT2D eigenvalue weighted by atomic mass is 10.1. The molecule has 4 rings (SSSR count). The van der Waals surface area contributed by atoms with E-state index >= 15 is 0 Å². The number of fused-ring (bicyclic) bond motifs is 1. The maximum absolute atomic E-state index is 6.21. The standard InChI is InChI=1S/C15H10ClN5S/c16-12-6-2-1-4-10(12)8-13-18-19-15-21(13)20-14(22-15)11-5-3-7-17-9-11/h1-7,9H,8H2. The Labute approximate surface area is 135 Å². The summed E-state index contributed by atoms with van der Waals surface area (Å²) in [6, 6.07) is 11.6. The van der Waals surface area contributed by atoms with E-state index in [0.717, 1.165) is 31.9 Å². The highest BCUT2D eigenvalue weighted by molar-refractivity contribution is 7.19. The van der Waals surface area contributed by atoms with Crippen LogP contribution < -0.4 is 0 Å². The normalized spacial score (nSPS) is 11.1. The molecule has 3 aromatic heterocycles. The fraction of sp³-hybridized carbons (Fsp3) is 0.0667. The molecule has 7 heteroatoms. The number of benzene rings is 1.